The molecule has 0 radical (unpaired) electrons. The number of nitrogens with one attached hydrogen (secondary N) is 1. The third-order valence-corrected chi connectivity index (χ3v) is 2.95. The topological polar surface area (TPSA) is 59.9 Å². The predicted molar refractivity (Wildman–Crippen MR) is 72.9 cm³/mol. The van der Waals surface area contributed by atoms with Crippen molar-refractivity contribution in [1.29, 1.82) is 0 Å². The van der Waals surface area contributed by atoms with Crippen LogP contribution < -0.4 is 5.69 Å². The van der Waals surface area contributed by atoms with Crippen LogP contribution in [-0.2, 0) is 24.3 Å². The average Bonchev–Trinajstić information content (AvgIpc) is 2.80. The van der Waals surface area contributed by atoms with Gasteiger partial charge in [-0.15, -0.1) is 0 Å². The Kier molecular flexibility index (Phi) is 4.92. The minimum atomic E-state index is -0.136. The van der Waals surface area contributed by atoms with Crippen molar-refractivity contribution >= 4 is 0 Å². The third-order valence-electron chi connectivity index (χ3n) is 2.95. The first kappa shape index (κ1) is 13.5. The van der Waals surface area contributed by atoms with Gasteiger partial charge in [-0.1, -0.05) is 30.3 Å². The van der Waals surface area contributed by atoms with E-state index in [1.165, 1.54) is 5.56 Å². The maximum Gasteiger partial charge on any atom is 0.343 e. The van der Waals surface area contributed by atoms with Gasteiger partial charge in [0.2, 0.25) is 0 Å². The third kappa shape index (κ3) is 3.79. The van der Waals surface area contributed by atoms with Gasteiger partial charge in [-0.2, -0.15) is 5.10 Å². The van der Waals surface area contributed by atoms with Crippen LogP contribution in [0.2, 0.25) is 0 Å². The summed E-state index contributed by atoms with van der Waals surface area (Å²) in [6.45, 7) is 3.88. The van der Waals surface area contributed by atoms with E-state index in [2.05, 4.69) is 10.2 Å². The summed E-state index contributed by atoms with van der Waals surface area (Å²) >= 11 is 0. The molecular formula is C14H19N3O2. The number of ether oxygens (including phenoxy) is 1. The normalized spacial score (nSPS) is 10.8. The summed E-state index contributed by atoms with van der Waals surface area (Å²) in [5.41, 5.74) is 1.04. The van der Waals surface area contributed by atoms with Gasteiger partial charge < -0.3 is 4.74 Å². The summed E-state index contributed by atoms with van der Waals surface area (Å²) in [6, 6.07) is 10.1. The highest BCUT2D eigenvalue weighted by Crippen LogP contribution is 2.02. The SMILES string of the molecule is CCn1c(CCCOCc2ccccc2)n[nH]c1=O. The smallest absolute Gasteiger partial charge is 0.343 e. The summed E-state index contributed by atoms with van der Waals surface area (Å²) in [6.07, 6.45) is 1.61. The molecule has 0 aliphatic rings. The molecule has 5 nitrogen and oxygen atoms in total. The molecule has 102 valence electrons. The molecule has 0 bridgehead atoms. The molecule has 0 unspecified atom stereocenters. The first-order valence-electron chi connectivity index (χ1n) is 6.57. The summed E-state index contributed by atoms with van der Waals surface area (Å²) in [5, 5.41) is 6.48. The van der Waals surface area contributed by atoms with Crippen LogP contribution in [0.15, 0.2) is 35.1 Å². The lowest BCUT2D eigenvalue weighted by atomic mass is 10.2. The fraction of sp³-hybridized carbons (Fsp3) is 0.429. The van der Waals surface area contributed by atoms with Gasteiger partial charge in [-0.05, 0) is 18.9 Å². The Labute approximate surface area is 112 Å². The van der Waals surface area contributed by atoms with Gasteiger partial charge in [0.05, 0.1) is 6.61 Å². The first-order chi connectivity index (χ1) is 9.31. The molecular weight excluding hydrogens is 242 g/mol. The van der Waals surface area contributed by atoms with E-state index in [0.717, 1.165) is 18.7 Å². The van der Waals surface area contributed by atoms with Crippen molar-refractivity contribution < 1.29 is 4.74 Å². The van der Waals surface area contributed by atoms with Gasteiger partial charge in [0, 0.05) is 19.6 Å². The molecule has 19 heavy (non-hydrogen) atoms. The van der Waals surface area contributed by atoms with Gasteiger partial charge >= 0.3 is 5.69 Å². The number of H-pyrrole nitrogens is 1. The van der Waals surface area contributed by atoms with Crippen LogP contribution in [-0.4, -0.2) is 21.4 Å². The number of hydrogen-bond donors (Lipinski definition) is 1. The van der Waals surface area contributed by atoms with Crippen molar-refractivity contribution in [3.63, 3.8) is 0 Å². The van der Waals surface area contributed by atoms with Crippen molar-refractivity contribution in [2.24, 2.45) is 0 Å². The van der Waals surface area contributed by atoms with E-state index in [-0.39, 0.29) is 5.69 Å². The number of nitrogens with zero attached hydrogens (tertiary/aromatic N) is 2. The van der Waals surface area contributed by atoms with E-state index < -0.39 is 0 Å². The van der Waals surface area contributed by atoms with Gasteiger partial charge in [-0.3, -0.25) is 4.57 Å². The van der Waals surface area contributed by atoms with E-state index in [1.54, 1.807) is 4.57 Å². The monoisotopic (exact) mass is 261 g/mol. The zero-order valence-corrected chi connectivity index (χ0v) is 11.1. The highest BCUT2D eigenvalue weighted by atomic mass is 16.5. The highest BCUT2D eigenvalue weighted by Gasteiger charge is 2.05. The van der Waals surface area contributed by atoms with E-state index in [9.17, 15) is 4.79 Å². The molecule has 1 aromatic heterocycles. The standard InChI is InChI=1S/C14H19N3O2/c1-2-17-13(15-16-14(17)18)9-6-10-19-11-12-7-4-3-5-8-12/h3-5,7-8H,2,6,9-11H2,1H3,(H,16,18). The molecule has 0 fully saturated rings. The molecule has 1 N–H and O–H groups in total. The number of aromatic nitrogens is 3. The van der Waals surface area contributed by atoms with Crippen LogP contribution >= 0.6 is 0 Å². The van der Waals surface area contributed by atoms with E-state index >= 15 is 0 Å². The highest BCUT2D eigenvalue weighted by molar-refractivity contribution is 5.13. The Morgan fingerprint density at radius 3 is 2.84 bits per heavy atom. The van der Waals surface area contributed by atoms with Gasteiger partial charge in [0.1, 0.15) is 5.82 Å². The molecule has 2 aromatic rings. The second-order valence-electron chi connectivity index (χ2n) is 4.33. The number of benzene rings is 1. The minimum absolute atomic E-state index is 0.136. The Hall–Kier alpha value is -1.88. The minimum Gasteiger partial charge on any atom is -0.377 e. The molecule has 1 heterocycles. The maximum atomic E-state index is 11.4. The van der Waals surface area contributed by atoms with E-state index in [4.69, 9.17) is 4.74 Å². The van der Waals surface area contributed by atoms with Gasteiger partial charge in [-0.25, -0.2) is 9.89 Å². The van der Waals surface area contributed by atoms with Crippen LogP contribution in [0.4, 0.5) is 0 Å². The molecule has 0 amide bonds. The molecule has 0 aliphatic carbocycles. The molecule has 0 aliphatic heterocycles. The predicted octanol–water partition coefficient (Wildman–Crippen LogP) is 1.74. The molecule has 0 saturated carbocycles. The fourth-order valence-electron chi connectivity index (χ4n) is 1.96. The van der Waals surface area contributed by atoms with Crippen LogP contribution in [0.25, 0.3) is 0 Å². The summed E-state index contributed by atoms with van der Waals surface area (Å²) in [5.74, 6) is 0.802. The number of aryl methyl sites for hydroxylation is 1. The second kappa shape index (κ2) is 6.89. The number of rotatable bonds is 7. The van der Waals surface area contributed by atoms with E-state index in [0.29, 0.717) is 19.8 Å². The summed E-state index contributed by atoms with van der Waals surface area (Å²) < 4.78 is 7.25. The molecule has 0 saturated heterocycles. The Morgan fingerprint density at radius 2 is 2.11 bits per heavy atom. The summed E-state index contributed by atoms with van der Waals surface area (Å²) in [4.78, 5) is 11.4. The lowest BCUT2D eigenvalue weighted by Crippen LogP contribution is -2.17. The largest absolute Gasteiger partial charge is 0.377 e. The van der Waals surface area contributed by atoms with Crippen molar-refractivity contribution in [1.82, 2.24) is 14.8 Å². The fourth-order valence-corrected chi connectivity index (χ4v) is 1.96. The summed E-state index contributed by atoms with van der Waals surface area (Å²) in [7, 11) is 0. The first-order valence-corrected chi connectivity index (χ1v) is 6.57. The number of hydrogen-bond acceptors (Lipinski definition) is 3. The molecule has 0 spiro atoms. The lowest BCUT2D eigenvalue weighted by molar-refractivity contribution is 0.118. The second-order valence-corrected chi connectivity index (χ2v) is 4.33. The van der Waals surface area contributed by atoms with Crippen LogP contribution in [0.1, 0.15) is 24.7 Å². The Morgan fingerprint density at radius 1 is 1.32 bits per heavy atom. The molecule has 0 atom stereocenters. The van der Waals surface area contributed by atoms with Gasteiger partial charge in [0.15, 0.2) is 0 Å². The average molecular weight is 261 g/mol. The Bertz CT molecular complexity index is 545. The van der Waals surface area contributed by atoms with Crippen LogP contribution in [0, 0.1) is 0 Å². The van der Waals surface area contributed by atoms with Crippen molar-refractivity contribution in [3.8, 4) is 0 Å². The maximum absolute atomic E-state index is 11.4. The van der Waals surface area contributed by atoms with Crippen LogP contribution in [0.3, 0.4) is 0 Å². The molecule has 2 rings (SSSR count). The van der Waals surface area contributed by atoms with Crippen molar-refractivity contribution in [3.05, 3.63) is 52.2 Å². The van der Waals surface area contributed by atoms with Crippen LogP contribution in [0.5, 0.6) is 0 Å². The van der Waals surface area contributed by atoms with Crippen molar-refractivity contribution in [2.75, 3.05) is 6.61 Å². The Balaban J connectivity index is 1.71. The van der Waals surface area contributed by atoms with Gasteiger partial charge in [0.25, 0.3) is 0 Å². The lowest BCUT2D eigenvalue weighted by Gasteiger charge is -2.05. The zero-order chi connectivity index (χ0) is 13.5. The molecule has 1 aromatic carbocycles. The zero-order valence-electron chi connectivity index (χ0n) is 11.1. The number of aromatic amines is 1. The van der Waals surface area contributed by atoms with E-state index in [1.807, 2.05) is 37.3 Å². The van der Waals surface area contributed by atoms with Crippen molar-refractivity contribution in [2.45, 2.75) is 32.9 Å². The quantitative estimate of drug-likeness (QED) is 0.772. The molecule has 5 heteroatoms.